The molecule has 0 aliphatic carbocycles. The maximum Gasteiger partial charge on any atom is 0.289 e. The Morgan fingerprint density at radius 1 is 0.871 bits per heavy atom. The lowest BCUT2D eigenvalue weighted by atomic mass is 10.1. The number of carbonyl (C=O) groups excluding carboxylic acids is 1. The first-order chi connectivity index (χ1) is 14.9. The number of benzene rings is 2. The van der Waals surface area contributed by atoms with Crippen molar-refractivity contribution in [3.05, 3.63) is 88.7 Å². The third kappa shape index (κ3) is 4.07. The standard InChI is InChI=1S/C21H20N4O5S/c26-21(17-7-9-18(10-8-17)22-11-3-4-12-22)23-13-15-24(16-14-23)31(29,30)20-6-2-1-5-19(20)25(27)28/h1-12H,13-16H2. The van der Waals surface area contributed by atoms with Crippen molar-refractivity contribution >= 4 is 21.6 Å². The van der Waals surface area contributed by atoms with Crippen LogP contribution in [-0.2, 0) is 10.0 Å². The van der Waals surface area contributed by atoms with Crippen molar-refractivity contribution < 1.29 is 18.1 Å². The minimum absolute atomic E-state index is 0.0710. The molecule has 0 N–H and O–H groups in total. The van der Waals surface area contributed by atoms with Crippen molar-refractivity contribution in [1.29, 1.82) is 0 Å². The molecule has 0 bridgehead atoms. The molecule has 1 aliphatic heterocycles. The summed E-state index contributed by atoms with van der Waals surface area (Å²) in [7, 11) is -4.03. The van der Waals surface area contributed by atoms with Crippen molar-refractivity contribution in [3.8, 4) is 5.69 Å². The highest BCUT2D eigenvalue weighted by Crippen LogP contribution is 2.27. The van der Waals surface area contributed by atoms with Gasteiger partial charge in [-0.25, -0.2) is 8.42 Å². The molecule has 0 atom stereocenters. The zero-order valence-corrected chi connectivity index (χ0v) is 17.3. The third-order valence-corrected chi connectivity index (χ3v) is 7.17. The van der Waals surface area contributed by atoms with Gasteiger partial charge in [0.05, 0.1) is 4.92 Å². The van der Waals surface area contributed by atoms with E-state index in [1.54, 1.807) is 17.0 Å². The van der Waals surface area contributed by atoms with Gasteiger partial charge in [-0.05, 0) is 42.5 Å². The number of carbonyl (C=O) groups is 1. The Hall–Kier alpha value is -3.50. The Bertz CT molecular complexity index is 1200. The number of sulfonamides is 1. The molecule has 160 valence electrons. The average molecular weight is 440 g/mol. The topological polar surface area (TPSA) is 106 Å². The summed E-state index contributed by atoms with van der Waals surface area (Å²) in [6.07, 6.45) is 3.82. The molecule has 0 unspecified atom stereocenters. The van der Waals surface area contributed by atoms with Gasteiger partial charge in [0.2, 0.25) is 10.0 Å². The predicted molar refractivity (Wildman–Crippen MR) is 114 cm³/mol. The fraction of sp³-hybridized carbons (Fsp3) is 0.190. The van der Waals surface area contributed by atoms with Crippen LogP contribution in [0.5, 0.6) is 0 Å². The van der Waals surface area contributed by atoms with Crippen LogP contribution in [-0.4, -0.2) is 59.2 Å². The molecule has 1 saturated heterocycles. The lowest BCUT2D eigenvalue weighted by molar-refractivity contribution is -0.387. The largest absolute Gasteiger partial charge is 0.336 e. The van der Waals surface area contributed by atoms with E-state index in [1.165, 1.54) is 28.6 Å². The van der Waals surface area contributed by atoms with Crippen LogP contribution < -0.4 is 0 Å². The Morgan fingerprint density at radius 3 is 2.10 bits per heavy atom. The molecular weight excluding hydrogens is 420 g/mol. The van der Waals surface area contributed by atoms with Crippen molar-refractivity contribution in [3.63, 3.8) is 0 Å². The van der Waals surface area contributed by atoms with E-state index >= 15 is 0 Å². The molecule has 4 rings (SSSR count). The molecule has 0 saturated carbocycles. The van der Waals surface area contributed by atoms with Crippen LogP contribution in [0.4, 0.5) is 5.69 Å². The van der Waals surface area contributed by atoms with Gasteiger partial charge in [0.1, 0.15) is 0 Å². The van der Waals surface area contributed by atoms with Crippen molar-refractivity contribution in [2.24, 2.45) is 0 Å². The van der Waals surface area contributed by atoms with Crippen LogP contribution in [0.1, 0.15) is 10.4 Å². The summed E-state index contributed by atoms with van der Waals surface area (Å²) in [5.74, 6) is -0.179. The van der Waals surface area contributed by atoms with Crippen molar-refractivity contribution in [2.75, 3.05) is 26.2 Å². The van der Waals surface area contributed by atoms with Gasteiger partial charge in [-0.1, -0.05) is 12.1 Å². The van der Waals surface area contributed by atoms with E-state index in [9.17, 15) is 23.3 Å². The van der Waals surface area contributed by atoms with E-state index in [4.69, 9.17) is 0 Å². The lowest BCUT2D eigenvalue weighted by Gasteiger charge is -2.34. The first-order valence-electron chi connectivity index (χ1n) is 9.64. The van der Waals surface area contributed by atoms with Crippen LogP contribution in [0, 0.1) is 10.1 Å². The number of piperazine rings is 1. The molecule has 1 aromatic heterocycles. The molecule has 2 aromatic carbocycles. The Morgan fingerprint density at radius 2 is 1.48 bits per heavy atom. The van der Waals surface area contributed by atoms with Crippen molar-refractivity contribution in [1.82, 2.24) is 13.8 Å². The van der Waals surface area contributed by atoms with Gasteiger partial charge in [0, 0.05) is 55.9 Å². The summed E-state index contributed by atoms with van der Waals surface area (Å²) >= 11 is 0. The number of para-hydroxylation sites is 1. The molecular formula is C21H20N4O5S. The van der Waals surface area contributed by atoms with Crippen LogP contribution >= 0.6 is 0 Å². The zero-order chi connectivity index (χ0) is 22.0. The molecule has 0 radical (unpaired) electrons. The predicted octanol–water partition coefficient (Wildman–Crippen LogP) is 2.53. The number of nitro groups is 1. The minimum Gasteiger partial charge on any atom is -0.336 e. The van der Waals surface area contributed by atoms with Crippen LogP contribution in [0.25, 0.3) is 5.69 Å². The highest BCUT2D eigenvalue weighted by Gasteiger charge is 2.34. The molecule has 31 heavy (non-hydrogen) atoms. The second-order valence-electron chi connectivity index (χ2n) is 7.06. The Balaban J connectivity index is 1.45. The van der Waals surface area contributed by atoms with Gasteiger partial charge >= 0.3 is 0 Å². The molecule has 1 aliphatic rings. The van der Waals surface area contributed by atoms with Gasteiger partial charge in [0.25, 0.3) is 11.6 Å². The molecule has 9 nitrogen and oxygen atoms in total. The quantitative estimate of drug-likeness (QED) is 0.448. The van der Waals surface area contributed by atoms with E-state index in [1.807, 2.05) is 41.2 Å². The highest BCUT2D eigenvalue weighted by molar-refractivity contribution is 7.89. The van der Waals surface area contributed by atoms with Gasteiger partial charge in [-0.2, -0.15) is 4.31 Å². The number of rotatable bonds is 5. The fourth-order valence-corrected chi connectivity index (χ4v) is 5.14. The maximum atomic E-state index is 12.9. The van der Waals surface area contributed by atoms with Crippen LogP contribution in [0.2, 0.25) is 0 Å². The van der Waals surface area contributed by atoms with Gasteiger partial charge in [-0.15, -0.1) is 0 Å². The van der Waals surface area contributed by atoms with E-state index in [0.29, 0.717) is 5.56 Å². The SMILES string of the molecule is O=C(c1ccc(-n2cccc2)cc1)N1CCN(S(=O)(=O)c2ccccc2[N+](=O)[O-])CC1. The fourth-order valence-electron chi connectivity index (χ4n) is 3.56. The highest BCUT2D eigenvalue weighted by atomic mass is 32.2. The van der Waals surface area contributed by atoms with Crippen LogP contribution in [0.15, 0.2) is 78.0 Å². The van der Waals surface area contributed by atoms with Gasteiger partial charge < -0.3 is 9.47 Å². The number of nitro benzene ring substituents is 1. The number of nitrogens with zero attached hydrogens (tertiary/aromatic N) is 4. The first kappa shape index (κ1) is 20.8. The summed E-state index contributed by atoms with van der Waals surface area (Å²) < 4.78 is 29.0. The first-order valence-corrected chi connectivity index (χ1v) is 11.1. The average Bonchev–Trinajstić information content (AvgIpc) is 3.34. The maximum absolute atomic E-state index is 12.9. The number of hydrogen-bond acceptors (Lipinski definition) is 5. The summed E-state index contributed by atoms with van der Waals surface area (Å²) in [4.78, 5) is 24.6. The molecule has 2 heterocycles. The van der Waals surface area contributed by atoms with E-state index in [2.05, 4.69) is 0 Å². The van der Waals surface area contributed by atoms with E-state index in [0.717, 1.165) is 5.69 Å². The Labute approximate surface area is 179 Å². The summed E-state index contributed by atoms with van der Waals surface area (Å²) in [6, 6.07) is 16.3. The normalized spacial score (nSPS) is 15.0. The third-order valence-electron chi connectivity index (χ3n) is 5.22. The van der Waals surface area contributed by atoms with Crippen molar-refractivity contribution in [2.45, 2.75) is 4.90 Å². The molecule has 1 fully saturated rings. The van der Waals surface area contributed by atoms with E-state index in [-0.39, 0.29) is 37.0 Å². The molecule has 1 amide bonds. The molecule has 10 heteroatoms. The smallest absolute Gasteiger partial charge is 0.289 e. The van der Waals surface area contributed by atoms with Crippen LogP contribution in [0.3, 0.4) is 0 Å². The monoisotopic (exact) mass is 440 g/mol. The number of amides is 1. The van der Waals surface area contributed by atoms with Gasteiger partial charge in [0.15, 0.2) is 4.90 Å². The number of hydrogen-bond donors (Lipinski definition) is 0. The summed E-state index contributed by atoms with van der Waals surface area (Å²) in [5.41, 5.74) is 0.997. The summed E-state index contributed by atoms with van der Waals surface area (Å²) in [6.45, 7) is 0.555. The molecule has 0 spiro atoms. The second-order valence-corrected chi connectivity index (χ2v) is 8.96. The van der Waals surface area contributed by atoms with E-state index < -0.39 is 20.6 Å². The number of aromatic nitrogens is 1. The lowest BCUT2D eigenvalue weighted by Crippen LogP contribution is -2.50. The zero-order valence-electron chi connectivity index (χ0n) is 16.5. The van der Waals surface area contributed by atoms with Gasteiger partial charge in [-0.3, -0.25) is 14.9 Å². The Kier molecular flexibility index (Phi) is 5.57. The molecule has 3 aromatic rings. The minimum atomic E-state index is -4.03. The summed E-state index contributed by atoms with van der Waals surface area (Å²) in [5, 5.41) is 11.2. The second kappa shape index (κ2) is 8.32.